The molecule has 112 valence electrons. The zero-order valence-corrected chi connectivity index (χ0v) is 13.6. The molecule has 6 heteroatoms. The Morgan fingerprint density at radius 1 is 1.14 bits per heavy atom. The van der Waals surface area contributed by atoms with E-state index in [-0.39, 0.29) is 17.7 Å². The van der Waals surface area contributed by atoms with E-state index in [1.165, 1.54) is 11.3 Å². The largest absolute Gasteiger partial charge is 0.349 e. The van der Waals surface area contributed by atoms with Gasteiger partial charge in [0.25, 0.3) is 5.91 Å². The fourth-order valence-electron chi connectivity index (χ4n) is 1.85. The summed E-state index contributed by atoms with van der Waals surface area (Å²) < 4.78 is 0. The van der Waals surface area contributed by atoms with Crippen LogP contribution in [0.15, 0.2) is 35.0 Å². The van der Waals surface area contributed by atoms with Crippen molar-refractivity contribution in [1.82, 2.24) is 10.6 Å². The van der Waals surface area contributed by atoms with Crippen LogP contribution in [0.5, 0.6) is 0 Å². The molecule has 2 heterocycles. The second kappa shape index (κ2) is 7.38. The first-order chi connectivity index (χ1) is 10.1. The highest BCUT2D eigenvalue weighted by Gasteiger charge is 2.24. The minimum Gasteiger partial charge on any atom is -0.349 e. The predicted molar refractivity (Wildman–Crippen MR) is 86.6 cm³/mol. The first-order valence-corrected chi connectivity index (χ1v) is 8.48. The van der Waals surface area contributed by atoms with Gasteiger partial charge < -0.3 is 10.6 Å². The van der Waals surface area contributed by atoms with E-state index >= 15 is 0 Å². The van der Waals surface area contributed by atoms with Gasteiger partial charge in [-0.3, -0.25) is 9.59 Å². The molecule has 1 unspecified atom stereocenters. The maximum absolute atomic E-state index is 12.3. The smallest absolute Gasteiger partial charge is 0.262 e. The lowest BCUT2D eigenvalue weighted by Gasteiger charge is -2.21. The third-order valence-corrected chi connectivity index (χ3v) is 4.74. The van der Waals surface area contributed by atoms with Crippen molar-refractivity contribution < 1.29 is 9.59 Å². The van der Waals surface area contributed by atoms with Crippen LogP contribution in [0.1, 0.15) is 28.4 Å². The van der Waals surface area contributed by atoms with Crippen molar-refractivity contribution in [2.24, 2.45) is 5.92 Å². The molecule has 0 spiro atoms. The molecule has 2 amide bonds. The topological polar surface area (TPSA) is 58.2 Å². The van der Waals surface area contributed by atoms with Crippen LogP contribution in [0, 0.1) is 5.92 Å². The minimum absolute atomic E-state index is 0.0252. The van der Waals surface area contributed by atoms with Gasteiger partial charge in [-0.25, -0.2) is 0 Å². The highest BCUT2D eigenvalue weighted by Crippen LogP contribution is 2.11. The molecule has 2 N–H and O–H groups in total. The zero-order valence-electron chi connectivity index (χ0n) is 12.0. The second-order valence-electron chi connectivity index (χ2n) is 4.97. The van der Waals surface area contributed by atoms with Gasteiger partial charge in [-0.2, -0.15) is 0 Å². The summed E-state index contributed by atoms with van der Waals surface area (Å²) in [4.78, 5) is 26.1. The van der Waals surface area contributed by atoms with E-state index in [2.05, 4.69) is 10.6 Å². The van der Waals surface area contributed by atoms with Gasteiger partial charge in [-0.15, -0.1) is 22.7 Å². The predicted octanol–water partition coefficient (Wildman–Crippen LogP) is 2.88. The molecule has 1 atom stereocenters. The maximum Gasteiger partial charge on any atom is 0.262 e. The number of thiophene rings is 2. The molecule has 0 fully saturated rings. The lowest BCUT2D eigenvalue weighted by Crippen LogP contribution is -2.49. The summed E-state index contributed by atoms with van der Waals surface area (Å²) in [6.07, 6.45) is 0. The Hall–Kier alpha value is -1.66. The Balaban J connectivity index is 1.94. The number of hydrogen-bond acceptors (Lipinski definition) is 4. The Bertz CT molecular complexity index is 577. The second-order valence-corrected chi connectivity index (χ2v) is 6.95. The van der Waals surface area contributed by atoms with E-state index in [9.17, 15) is 9.59 Å². The van der Waals surface area contributed by atoms with Crippen LogP contribution in [-0.4, -0.2) is 17.9 Å². The van der Waals surface area contributed by atoms with Gasteiger partial charge in [-0.1, -0.05) is 26.0 Å². The monoisotopic (exact) mass is 322 g/mol. The van der Waals surface area contributed by atoms with E-state index in [1.807, 2.05) is 42.8 Å². The van der Waals surface area contributed by atoms with Crippen molar-refractivity contribution in [3.05, 3.63) is 44.8 Å². The molecular weight excluding hydrogens is 304 g/mol. The molecule has 0 aliphatic rings. The molecular formula is C15H18N2O2S2. The van der Waals surface area contributed by atoms with Crippen molar-refractivity contribution in [2.45, 2.75) is 26.4 Å². The lowest BCUT2D eigenvalue weighted by atomic mass is 10.0. The highest BCUT2D eigenvalue weighted by atomic mass is 32.1. The first kappa shape index (κ1) is 15.7. The number of nitrogens with one attached hydrogen (secondary N) is 2. The Morgan fingerprint density at radius 2 is 1.86 bits per heavy atom. The lowest BCUT2D eigenvalue weighted by molar-refractivity contribution is -0.124. The molecule has 0 aromatic carbocycles. The summed E-state index contributed by atoms with van der Waals surface area (Å²) >= 11 is 2.96. The van der Waals surface area contributed by atoms with Crippen LogP contribution in [0.2, 0.25) is 0 Å². The molecule has 2 aromatic heterocycles. The molecule has 2 aromatic rings. The van der Waals surface area contributed by atoms with Crippen LogP contribution in [0.4, 0.5) is 0 Å². The SMILES string of the molecule is CC(C)C(NC(=O)c1cccs1)C(=O)NCc1cccs1. The van der Waals surface area contributed by atoms with Crippen molar-refractivity contribution in [1.29, 1.82) is 0 Å². The summed E-state index contributed by atoms with van der Waals surface area (Å²) in [6.45, 7) is 4.34. The standard InChI is InChI=1S/C15H18N2O2S2/c1-10(2)13(17-14(18)12-6-4-8-21-12)15(19)16-9-11-5-3-7-20-11/h3-8,10,13H,9H2,1-2H3,(H,16,19)(H,17,18). The summed E-state index contributed by atoms with van der Waals surface area (Å²) in [5, 5.41) is 9.50. The molecule has 0 saturated carbocycles. The van der Waals surface area contributed by atoms with Crippen LogP contribution >= 0.6 is 22.7 Å². The van der Waals surface area contributed by atoms with Crippen LogP contribution < -0.4 is 10.6 Å². The van der Waals surface area contributed by atoms with Gasteiger partial charge in [0.1, 0.15) is 6.04 Å². The maximum atomic E-state index is 12.3. The van der Waals surface area contributed by atoms with Crippen LogP contribution in [-0.2, 0) is 11.3 Å². The van der Waals surface area contributed by atoms with Crippen molar-refractivity contribution >= 4 is 34.5 Å². The molecule has 0 aliphatic heterocycles. The fraction of sp³-hybridized carbons (Fsp3) is 0.333. The van der Waals surface area contributed by atoms with Crippen LogP contribution in [0.3, 0.4) is 0 Å². The number of carbonyl (C=O) groups is 2. The summed E-state index contributed by atoms with van der Waals surface area (Å²) in [6, 6.07) is 6.96. The Morgan fingerprint density at radius 3 is 2.43 bits per heavy atom. The highest BCUT2D eigenvalue weighted by molar-refractivity contribution is 7.12. The Kier molecular flexibility index (Phi) is 5.52. The van der Waals surface area contributed by atoms with Gasteiger partial charge >= 0.3 is 0 Å². The number of rotatable bonds is 6. The minimum atomic E-state index is -0.528. The third-order valence-electron chi connectivity index (χ3n) is 3.00. The van der Waals surface area contributed by atoms with E-state index in [0.717, 1.165) is 4.88 Å². The summed E-state index contributed by atoms with van der Waals surface area (Å²) in [7, 11) is 0. The fourth-order valence-corrected chi connectivity index (χ4v) is 3.12. The zero-order chi connectivity index (χ0) is 15.2. The van der Waals surface area contributed by atoms with Crippen LogP contribution in [0.25, 0.3) is 0 Å². The van der Waals surface area contributed by atoms with E-state index in [0.29, 0.717) is 11.4 Å². The first-order valence-electron chi connectivity index (χ1n) is 6.72. The van der Waals surface area contributed by atoms with Crippen molar-refractivity contribution in [3.63, 3.8) is 0 Å². The average molecular weight is 322 g/mol. The average Bonchev–Trinajstić information content (AvgIpc) is 3.13. The molecule has 0 saturated heterocycles. The van der Waals surface area contributed by atoms with Gasteiger partial charge in [0.15, 0.2) is 0 Å². The van der Waals surface area contributed by atoms with E-state index in [4.69, 9.17) is 0 Å². The number of hydrogen-bond donors (Lipinski definition) is 2. The van der Waals surface area contributed by atoms with Gasteiger partial charge in [0.2, 0.25) is 5.91 Å². The molecule has 0 radical (unpaired) electrons. The van der Waals surface area contributed by atoms with Gasteiger partial charge in [0, 0.05) is 4.88 Å². The van der Waals surface area contributed by atoms with Gasteiger partial charge in [0.05, 0.1) is 11.4 Å². The molecule has 0 bridgehead atoms. The molecule has 0 aliphatic carbocycles. The number of amides is 2. The quantitative estimate of drug-likeness (QED) is 0.859. The van der Waals surface area contributed by atoms with E-state index in [1.54, 1.807) is 17.4 Å². The van der Waals surface area contributed by atoms with Crippen molar-refractivity contribution in [3.8, 4) is 0 Å². The summed E-state index contributed by atoms with van der Waals surface area (Å²) in [5.41, 5.74) is 0. The molecule has 4 nitrogen and oxygen atoms in total. The molecule has 2 rings (SSSR count). The normalized spacial score (nSPS) is 12.1. The molecule has 21 heavy (non-hydrogen) atoms. The van der Waals surface area contributed by atoms with Crippen molar-refractivity contribution in [2.75, 3.05) is 0 Å². The third kappa shape index (κ3) is 4.41. The summed E-state index contributed by atoms with van der Waals surface area (Å²) in [5.74, 6) is -0.324. The Labute approximate surface area is 132 Å². The number of carbonyl (C=O) groups excluding carboxylic acids is 2. The van der Waals surface area contributed by atoms with Gasteiger partial charge in [-0.05, 0) is 28.8 Å². The van der Waals surface area contributed by atoms with E-state index < -0.39 is 6.04 Å².